The van der Waals surface area contributed by atoms with E-state index in [1.54, 1.807) is 0 Å². The molecule has 2 N–H and O–H groups in total. The van der Waals surface area contributed by atoms with E-state index in [0.29, 0.717) is 11.9 Å². The lowest BCUT2D eigenvalue weighted by molar-refractivity contribution is 0.115. The van der Waals surface area contributed by atoms with Crippen LogP contribution in [-0.2, 0) is 4.74 Å². The van der Waals surface area contributed by atoms with E-state index < -0.39 is 0 Å². The summed E-state index contributed by atoms with van der Waals surface area (Å²) in [7, 11) is 0. The number of ether oxygens (including phenoxy) is 1. The molecule has 1 aliphatic rings. The Bertz CT molecular complexity index is 320. The Balaban J connectivity index is 2.00. The first-order chi connectivity index (χ1) is 7.79. The number of anilines is 2. The number of nitrogen functional groups attached to an aromatic ring is 1. The number of hydrogen-bond donors (Lipinski definition) is 1. The molecule has 4 heteroatoms. The summed E-state index contributed by atoms with van der Waals surface area (Å²) >= 11 is 0. The van der Waals surface area contributed by atoms with Crippen molar-refractivity contribution >= 4 is 11.5 Å². The molecule has 88 valence electrons. The van der Waals surface area contributed by atoms with E-state index >= 15 is 0 Å². The third-order valence-corrected chi connectivity index (χ3v) is 2.97. The zero-order valence-corrected chi connectivity index (χ0v) is 9.72. The Morgan fingerprint density at radius 2 is 2.44 bits per heavy atom. The van der Waals surface area contributed by atoms with Gasteiger partial charge in [-0.15, -0.1) is 0 Å². The summed E-state index contributed by atoms with van der Waals surface area (Å²) in [6.45, 7) is 4.96. The highest BCUT2D eigenvalue weighted by Crippen LogP contribution is 2.18. The Kier molecular flexibility index (Phi) is 3.62. The first kappa shape index (κ1) is 11.2. The summed E-state index contributed by atoms with van der Waals surface area (Å²) in [5, 5.41) is 0. The lowest BCUT2D eigenvalue weighted by Gasteiger charge is -2.25. The number of likely N-dealkylation sites (N-methyl/N-ethyl adjacent to an activating group) is 1. The van der Waals surface area contributed by atoms with Gasteiger partial charge in [0.15, 0.2) is 0 Å². The summed E-state index contributed by atoms with van der Waals surface area (Å²) in [6, 6.07) is 3.86. The molecule has 0 aromatic carbocycles. The van der Waals surface area contributed by atoms with Gasteiger partial charge in [0, 0.05) is 19.7 Å². The first-order valence-electron chi connectivity index (χ1n) is 5.87. The molecule has 1 fully saturated rings. The second-order valence-corrected chi connectivity index (χ2v) is 4.11. The van der Waals surface area contributed by atoms with Gasteiger partial charge in [-0.25, -0.2) is 4.98 Å². The highest BCUT2D eigenvalue weighted by molar-refractivity contribution is 5.47. The lowest BCUT2D eigenvalue weighted by Crippen LogP contribution is -2.32. The Hall–Kier alpha value is -1.29. The fourth-order valence-corrected chi connectivity index (χ4v) is 2.04. The molecule has 1 aromatic rings. The van der Waals surface area contributed by atoms with Gasteiger partial charge >= 0.3 is 0 Å². The van der Waals surface area contributed by atoms with Gasteiger partial charge in [-0.1, -0.05) is 0 Å². The van der Waals surface area contributed by atoms with E-state index in [2.05, 4.69) is 16.8 Å². The zero-order valence-electron chi connectivity index (χ0n) is 9.72. The molecule has 16 heavy (non-hydrogen) atoms. The summed E-state index contributed by atoms with van der Waals surface area (Å²) in [5.74, 6) is 0.567. The number of nitrogens with zero attached hydrogens (tertiary/aromatic N) is 2. The summed E-state index contributed by atoms with van der Waals surface area (Å²) < 4.78 is 5.64. The standard InChI is InChI=1S/C12H19N3O/c1-2-15(9-11-4-3-7-16-11)10-5-6-12(13)14-8-10/h5-6,8,11H,2-4,7,9H2,1H3,(H2,13,14). The molecule has 1 saturated heterocycles. The largest absolute Gasteiger partial charge is 0.384 e. The number of nitrogens with two attached hydrogens (primary N) is 1. The summed E-state index contributed by atoms with van der Waals surface area (Å²) in [4.78, 5) is 6.40. The second-order valence-electron chi connectivity index (χ2n) is 4.11. The van der Waals surface area contributed by atoms with E-state index in [4.69, 9.17) is 10.5 Å². The number of hydrogen-bond acceptors (Lipinski definition) is 4. The number of pyridine rings is 1. The highest BCUT2D eigenvalue weighted by atomic mass is 16.5. The first-order valence-corrected chi connectivity index (χ1v) is 5.87. The summed E-state index contributed by atoms with van der Waals surface area (Å²) in [6.07, 6.45) is 4.55. The minimum atomic E-state index is 0.373. The SMILES string of the molecule is CCN(CC1CCCO1)c1ccc(N)nc1. The predicted octanol–water partition coefficient (Wildman–Crippen LogP) is 1.67. The van der Waals surface area contributed by atoms with Crippen LogP contribution in [0, 0.1) is 0 Å². The monoisotopic (exact) mass is 221 g/mol. The van der Waals surface area contributed by atoms with Gasteiger partial charge in [-0.3, -0.25) is 0 Å². The Labute approximate surface area is 96.4 Å². The maximum absolute atomic E-state index is 5.64. The van der Waals surface area contributed by atoms with E-state index in [-0.39, 0.29) is 0 Å². The Morgan fingerprint density at radius 1 is 1.56 bits per heavy atom. The van der Waals surface area contributed by atoms with Crippen molar-refractivity contribution < 1.29 is 4.74 Å². The van der Waals surface area contributed by atoms with Crippen LogP contribution in [0.5, 0.6) is 0 Å². The van der Waals surface area contributed by atoms with Crippen LogP contribution >= 0.6 is 0 Å². The van der Waals surface area contributed by atoms with Crippen LogP contribution in [0.15, 0.2) is 18.3 Å². The van der Waals surface area contributed by atoms with Gasteiger partial charge in [0.1, 0.15) is 5.82 Å². The van der Waals surface area contributed by atoms with Crippen molar-refractivity contribution in [2.45, 2.75) is 25.9 Å². The van der Waals surface area contributed by atoms with Gasteiger partial charge in [-0.05, 0) is 31.9 Å². The van der Waals surface area contributed by atoms with Crippen LogP contribution in [-0.4, -0.2) is 30.8 Å². The zero-order chi connectivity index (χ0) is 11.4. The van der Waals surface area contributed by atoms with E-state index in [0.717, 1.165) is 25.4 Å². The normalized spacial score (nSPS) is 19.9. The van der Waals surface area contributed by atoms with Crippen molar-refractivity contribution in [1.29, 1.82) is 0 Å². The van der Waals surface area contributed by atoms with Crippen LogP contribution in [0.1, 0.15) is 19.8 Å². The molecule has 2 rings (SSSR count). The van der Waals surface area contributed by atoms with Crippen molar-refractivity contribution in [3.8, 4) is 0 Å². The average Bonchev–Trinajstić information content (AvgIpc) is 2.80. The molecule has 2 heterocycles. The molecule has 0 radical (unpaired) electrons. The molecule has 1 unspecified atom stereocenters. The fraction of sp³-hybridized carbons (Fsp3) is 0.583. The van der Waals surface area contributed by atoms with Crippen molar-refractivity contribution in [3.63, 3.8) is 0 Å². The van der Waals surface area contributed by atoms with Gasteiger partial charge in [0.05, 0.1) is 18.0 Å². The van der Waals surface area contributed by atoms with Crippen LogP contribution in [0.2, 0.25) is 0 Å². The second kappa shape index (κ2) is 5.16. The molecular formula is C12H19N3O. The predicted molar refractivity (Wildman–Crippen MR) is 65.5 cm³/mol. The summed E-state index contributed by atoms with van der Waals surface area (Å²) in [5.41, 5.74) is 6.70. The van der Waals surface area contributed by atoms with Crippen molar-refractivity contribution in [2.24, 2.45) is 0 Å². The molecule has 1 aliphatic heterocycles. The molecule has 0 amide bonds. The molecule has 1 atom stereocenters. The highest BCUT2D eigenvalue weighted by Gasteiger charge is 2.18. The van der Waals surface area contributed by atoms with Crippen LogP contribution in [0.4, 0.5) is 11.5 Å². The molecule has 0 spiro atoms. The number of rotatable bonds is 4. The third kappa shape index (κ3) is 2.64. The van der Waals surface area contributed by atoms with E-state index in [9.17, 15) is 0 Å². The Morgan fingerprint density at radius 3 is 3.00 bits per heavy atom. The maximum Gasteiger partial charge on any atom is 0.123 e. The fourth-order valence-electron chi connectivity index (χ4n) is 2.04. The van der Waals surface area contributed by atoms with Gasteiger partial charge in [0.2, 0.25) is 0 Å². The molecule has 4 nitrogen and oxygen atoms in total. The number of aromatic nitrogens is 1. The molecule has 1 aromatic heterocycles. The minimum Gasteiger partial charge on any atom is -0.384 e. The molecule has 0 bridgehead atoms. The quantitative estimate of drug-likeness (QED) is 0.840. The lowest BCUT2D eigenvalue weighted by atomic mass is 10.2. The van der Waals surface area contributed by atoms with Crippen molar-refractivity contribution in [1.82, 2.24) is 4.98 Å². The van der Waals surface area contributed by atoms with E-state index in [1.165, 1.54) is 12.8 Å². The van der Waals surface area contributed by atoms with E-state index in [1.807, 2.05) is 18.3 Å². The van der Waals surface area contributed by atoms with Gasteiger partial charge in [-0.2, -0.15) is 0 Å². The van der Waals surface area contributed by atoms with Crippen LogP contribution in [0.25, 0.3) is 0 Å². The minimum absolute atomic E-state index is 0.373. The third-order valence-electron chi connectivity index (χ3n) is 2.97. The van der Waals surface area contributed by atoms with Crippen LogP contribution < -0.4 is 10.6 Å². The van der Waals surface area contributed by atoms with Crippen LogP contribution in [0.3, 0.4) is 0 Å². The average molecular weight is 221 g/mol. The maximum atomic E-state index is 5.64. The molecular weight excluding hydrogens is 202 g/mol. The topological polar surface area (TPSA) is 51.4 Å². The van der Waals surface area contributed by atoms with Crippen molar-refractivity contribution in [3.05, 3.63) is 18.3 Å². The van der Waals surface area contributed by atoms with Gasteiger partial charge < -0.3 is 15.4 Å². The van der Waals surface area contributed by atoms with Gasteiger partial charge in [0.25, 0.3) is 0 Å². The molecule has 0 aliphatic carbocycles. The molecule has 0 saturated carbocycles. The smallest absolute Gasteiger partial charge is 0.123 e. The van der Waals surface area contributed by atoms with Crippen molar-refractivity contribution in [2.75, 3.05) is 30.3 Å².